The minimum atomic E-state index is 1.15. The molecule has 53 heavy (non-hydrogen) atoms. The van der Waals surface area contributed by atoms with Crippen molar-refractivity contribution in [3.63, 3.8) is 0 Å². The molecule has 1 heteroatoms. The van der Waals surface area contributed by atoms with Crippen LogP contribution in [0.25, 0.3) is 82.4 Å². The van der Waals surface area contributed by atoms with Crippen LogP contribution in [0.2, 0.25) is 0 Å². The fourth-order valence-electron chi connectivity index (χ4n) is 9.98. The lowest BCUT2D eigenvalue weighted by atomic mass is 9.78. The summed E-state index contributed by atoms with van der Waals surface area (Å²) in [6.45, 7) is 0. The van der Waals surface area contributed by atoms with Crippen LogP contribution in [0.5, 0.6) is 0 Å². The smallest absolute Gasteiger partial charge is 0.0541 e. The Morgan fingerprint density at radius 3 is 1.53 bits per heavy atom. The molecule has 0 fully saturated rings. The van der Waals surface area contributed by atoms with Crippen molar-refractivity contribution in [2.24, 2.45) is 0 Å². The molecule has 0 saturated carbocycles. The molecular weight excluding hydrogens is 639 g/mol. The van der Waals surface area contributed by atoms with Crippen LogP contribution in [0.1, 0.15) is 47.9 Å². The Labute approximate surface area is 311 Å². The third-order valence-electron chi connectivity index (χ3n) is 12.4. The van der Waals surface area contributed by atoms with Crippen LogP contribution in [-0.4, -0.2) is 4.57 Å². The van der Waals surface area contributed by atoms with Gasteiger partial charge in [-0.2, -0.15) is 0 Å². The number of hydrogen-bond acceptors (Lipinski definition) is 0. The number of hydrogen-bond donors (Lipinski definition) is 0. The van der Waals surface area contributed by atoms with Crippen LogP contribution in [0, 0.1) is 0 Å². The van der Waals surface area contributed by atoms with Crippen molar-refractivity contribution in [1.82, 2.24) is 4.57 Å². The molecule has 1 heterocycles. The number of aryl methyl sites for hydroxylation is 2. The quantitative estimate of drug-likeness (QED) is 0.163. The molecule has 0 N–H and O–H groups in total. The number of benzene rings is 8. The molecule has 0 radical (unpaired) electrons. The molecule has 0 bridgehead atoms. The molecule has 1 nitrogen and oxygen atoms in total. The third-order valence-corrected chi connectivity index (χ3v) is 12.4. The first-order valence-corrected chi connectivity index (χ1v) is 19.6. The van der Waals surface area contributed by atoms with Crippen LogP contribution < -0.4 is 0 Å². The van der Waals surface area contributed by atoms with Gasteiger partial charge in [-0.05, 0) is 165 Å². The number of para-hydroxylation sites is 2. The number of aromatic nitrogens is 1. The predicted molar refractivity (Wildman–Crippen MR) is 225 cm³/mol. The van der Waals surface area contributed by atoms with E-state index in [4.69, 9.17) is 0 Å². The summed E-state index contributed by atoms with van der Waals surface area (Å²) in [5.41, 5.74) is 18.0. The Morgan fingerprint density at radius 1 is 0.340 bits per heavy atom. The molecule has 0 spiro atoms. The van der Waals surface area contributed by atoms with Crippen molar-refractivity contribution in [2.45, 2.75) is 51.4 Å². The van der Waals surface area contributed by atoms with Gasteiger partial charge >= 0.3 is 0 Å². The molecule has 254 valence electrons. The van der Waals surface area contributed by atoms with Crippen LogP contribution in [0.4, 0.5) is 0 Å². The Hall–Kier alpha value is -5.92. The van der Waals surface area contributed by atoms with E-state index >= 15 is 0 Å². The topological polar surface area (TPSA) is 4.93 Å². The van der Waals surface area contributed by atoms with E-state index in [0.717, 1.165) is 12.8 Å². The zero-order chi connectivity index (χ0) is 34.9. The van der Waals surface area contributed by atoms with Crippen molar-refractivity contribution >= 4 is 43.4 Å². The summed E-state index contributed by atoms with van der Waals surface area (Å²) in [4.78, 5) is 0. The van der Waals surface area contributed by atoms with Crippen molar-refractivity contribution in [2.75, 3.05) is 0 Å². The first kappa shape index (κ1) is 30.7. The van der Waals surface area contributed by atoms with Crippen molar-refractivity contribution in [3.05, 3.63) is 174 Å². The van der Waals surface area contributed by atoms with Crippen LogP contribution >= 0.6 is 0 Å². The van der Waals surface area contributed by atoms with Gasteiger partial charge in [0.2, 0.25) is 0 Å². The number of fused-ring (bicyclic) bond motifs is 7. The maximum absolute atomic E-state index is 2.52. The zero-order valence-electron chi connectivity index (χ0n) is 30.0. The molecule has 0 aliphatic heterocycles. The molecule has 0 unspecified atom stereocenters. The maximum atomic E-state index is 2.52. The average Bonchev–Trinajstić information content (AvgIpc) is 3.56. The van der Waals surface area contributed by atoms with Gasteiger partial charge in [0.15, 0.2) is 0 Å². The van der Waals surface area contributed by atoms with Gasteiger partial charge in [0.1, 0.15) is 0 Å². The normalized spacial score (nSPS) is 14.2. The first-order chi connectivity index (χ1) is 26.3. The molecule has 0 atom stereocenters. The van der Waals surface area contributed by atoms with E-state index in [2.05, 4.69) is 156 Å². The second kappa shape index (κ2) is 12.3. The van der Waals surface area contributed by atoms with Gasteiger partial charge in [0.25, 0.3) is 0 Å². The lowest BCUT2D eigenvalue weighted by Gasteiger charge is -2.25. The van der Waals surface area contributed by atoms with Gasteiger partial charge in [0, 0.05) is 16.5 Å². The third kappa shape index (κ3) is 4.84. The molecule has 8 aromatic carbocycles. The Balaban J connectivity index is 1.21. The van der Waals surface area contributed by atoms with Gasteiger partial charge in [-0.1, -0.05) is 115 Å². The minimum absolute atomic E-state index is 1.15. The number of nitrogens with zero attached hydrogens (tertiary/aromatic N) is 1. The lowest BCUT2D eigenvalue weighted by Crippen LogP contribution is -2.06. The van der Waals surface area contributed by atoms with Gasteiger partial charge < -0.3 is 4.57 Å². The summed E-state index contributed by atoms with van der Waals surface area (Å²) in [5, 5.41) is 8.01. The second-order valence-electron chi connectivity index (χ2n) is 15.3. The molecule has 0 amide bonds. The zero-order valence-corrected chi connectivity index (χ0v) is 30.0. The standard InChI is InChI=1S/C52H41N/c1-2-18-38(19-3-1)53-49-27-11-10-22-41(49)47-32-37(29-31-50(47)53)36-28-30-46-48(33-36)52(43-26-13-17-35-15-5-7-21-40(35)43)45-24-9-8-23-44(45)51(46)42-25-12-16-34-14-4-6-20-39(34)42/h1-3,8-13,16-19,22-33H,4-7,14-15,20-21H2. The van der Waals surface area contributed by atoms with E-state index in [-0.39, 0.29) is 0 Å². The largest absolute Gasteiger partial charge is 0.309 e. The summed E-state index contributed by atoms with van der Waals surface area (Å²) in [7, 11) is 0. The van der Waals surface area contributed by atoms with Crippen molar-refractivity contribution < 1.29 is 0 Å². The highest BCUT2D eigenvalue weighted by Crippen LogP contribution is 2.48. The Kier molecular flexibility index (Phi) is 7.15. The molecule has 2 aliphatic carbocycles. The van der Waals surface area contributed by atoms with E-state index < -0.39 is 0 Å². The van der Waals surface area contributed by atoms with Crippen molar-refractivity contribution in [1.29, 1.82) is 0 Å². The summed E-state index contributed by atoms with van der Waals surface area (Å²) in [6.07, 6.45) is 9.76. The van der Waals surface area contributed by atoms with E-state index in [1.165, 1.54) is 132 Å². The minimum Gasteiger partial charge on any atom is -0.309 e. The van der Waals surface area contributed by atoms with Crippen molar-refractivity contribution in [3.8, 4) is 39.1 Å². The summed E-state index contributed by atoms with van der Waals surface area (Å²) < 4.78 is 2.41. The lowest BCUT2D eigenvalue weighted by molar-refractivity contribution is 0.687. The molecule has 11 rings (SSSR count). The van der Waals surface area contributed by atoms with Gasteiger partial charge in [0.05, 0.1) is 11.0 Å². The average molecular weight is 680 g/mol. The SMILES string of the molecule is c1ccc(-n2c3ccccc3c3cc(-c4ccc5c(-c6cccc7c6CCCC7)c6ccccc6c(-c6cccc7c6CCCC7)c5c4)ccc32)cc1. The van der Waals surface area contributed by atoms with Crippen LogP contribution in [0.15, 0.2) is 152 Å². The Bertz CT molecular complexity index is 2890. The molecule has 2 aliphatic rings. The summed E-state index contributed by atoms with van der Waals surface area (Å²) >= 11 is 0. The van der Waals surface area contributed by atoms with Gasteiger partial charge in [-0.25, -0.2) is 0 Å². The highest BCUT2D eigenvalue weighted by atomic mass is 15.0. The molecule has 0 saturated heterocycles. The van der Waals surface area contributed by atoms with E-state index in [9.17, 15) is 0 Å². The number of rotatable bonds is 4. The van der Waals surface area contributed by atoms with Crippen LogP contribution in [-0.2, 0) is 25.7 Å². The van der Waals surface area contributed by atoms with Crippen LogP contribution in [0.3, 0.4) is 0 Å². The maximum Gasteiger partial charge on any atom is 0.0541 e. The fraction of sp³-hybridized carbons (Fsp3) is 0.154. The van der Waals surface area contributed by atoms with E-state index in [0.29, 0.717) is 0 Å². The molecule has 9 aromatic rings. The first-order valence-electron chi connectivity index (χ1n) is 19.6. The second-order valence-corrected chi connectivity index (χ2v) is 15.3. The molecule has 1 aromatic heterocycles. The highest BCUT2D eigenvalue weighted by molar-refractivity contribution is 6.22. The predicted octanol–water partition coefficient (Wildman–Crippen LogP) is 13.8. The monoisotopic (exact) mass is 679 g/mol. The summed E-state index contributed by atoms with van der Waals surface area (Å²) in [6, 6.07) is 57.5. The van der Waals surface area contributed by atoms with E-state index in [1.807, 2.05) is 0 Å². The fourth-order valence-corrected chi connectivity index (χ4v) is 9.98. The molecular formula is C52H41N. The van der Waals surface area contributed by atoms with Gasteiger partial charge in [-0.3, -0.25) is 0 Å². The van der Waals surface area contributed by atoms with E-state index in [1.54, 1.807) is 11.1 Å². The van der Waals surface area contributed by atoms with Gasteiger partial charge in [-0.15, -0.1) is 0 Å². The highest BCUT2D eigenvalue weighted by Gasteiger charge is 2.24. The Morgan fingerprint density at radius 2 is 0.849 bits per heavy atom. The summed E-state index contributed by atoms with van der Waals surface area (Å²) in [5.74, 6) is 0.